The fraction of sp³-hybridized carbons (Fsp3) is 0.571. The van der Waals surface area contributed by atoms with E-state index in [-0.39, 0.29) is 16.0 Å². The molecule has 0 bridgehead atoms. The number of hydrogen-bond donors (Lipinski definition) is 2. The molecule has 5 nitrogen and oxygen atoms in total. The predicted molar refractivity (Wildman–Crippen MR) is 76.5 cm³/mol. The van der Waals surface area contributed by atoms with E-state index >= 15 is 0 Å². The maximum absolute atomic E-state index is 10.9. The Hall–Kier alpha value is -1.62. The van der Waals surface area contributed by atoms with Crippen LogP contribution in [-0.4, -0.2) is 24.6 Å². The van der Waals surface area contributed by atoms with Gasteiger partial charge in [0, 0.05) is 30.4 Å². The van der Waals surface area contributed by atoms with Crippen LogP contribution >= 0.6 is 0 Å². The van der Waals surface area contributed by atoms with E-state index in [2.05, 4.69) is 17.6 Å². The second kappa shape index (κ2) is 5.57. The molecule has 2 rings (SSSR count). The summed E-state index contributed by atoms with van der Waals surface area (Å²) in [6.07, 6.45) is 2.37. The molecule has 1 aromatic carbocycles. The van der Waals surface area contributed by atoms with Gasteiger partial charge >= 0.3 is 0 Å². The number of anilines is 1. The Morgan fingerprint density at radius 1 is 1.53 bits per heavy atom. The molecule has 0 spiro atoms. The predicted octanol–water partition coefficient (Wildman–Crippen LogP) is 2.70. The van der Waals surface area contributed by atoms with Gasteiger partial charge in [-0.2, -0.15) is 0 Å². The number of benzene rings is 1. The zero-order valence-corrected chi connectivity index (χ0v) is 11.5. The largest absolute Gasteiger partial charge is 0.384 e. The average Bonchev–Trinajstić information content (AvgIpc) is 2.38. The molecule has 1 aromatic rings. The molecule has 1 unspecified atom stereocenters. The molecular weight excluding hydrogens is 242 g/mol. The third-order valence-corrected chi connectivity index (χ3v) is 3.81. The second-order valence-electron chi connectivity index (χ2n) is 5.70. The highest BCUT2D eigenvalue weighted by Crippen LogP contribution is 2.27. The maximum atomic E-state index is 10.9. The van der Waals surface area contributed by atoms with Gasteiger partial charge in [0.15, 0.2) is 0 Å². The van der Waals surface area contributed by atoms with E-state index in [0.717, 1.165) is 25.3 Å². The zero-order valence-electron chi connectivity index (χ0n) is 11.5. The lowest BCUT2D eigenvalue weighted by Crippen LogP contribution is -2.42. The number of nitro benzene ring substituents is 1. The van der Waals surface area contributed by atoms with Crippen molar-refractivity contribution in [3.8, 4) is 0 Å². The summed E-state index contributed by atoms with van der Waals surface area (Å²) in [5.74, 6) is 0. The summed E-state index contributed by atoms with van der Waals surface area (Å²) in [6.45, 7) is 6.92. The highest BCUT2D eigenvalue weighted by Gasteiger charge is 2.26. The van der Waals surface area contributed by atoms with Crippen molar-refractivity contribution in [2.75, 3.05) is 25.0 Å². The molecule has 0 aromatic heterocycles. The summed E-state index contributed by atoms with van der Waals surface area (Å²) in [5.41, 5.74) is 1.92. The van der Waals surface area contributed by atoms with Crippen LogP contribution in [-0.2, 0) is 0 Å². The average molecular weight is 263 g/mol. The molecule has 0 aliphatic carbocycles. The molecule has 1 saturated heterocycles. The summed E-state index contributed by atoms with van der Waals surface area (Å²) < 4.78 is 0. The fourth-order valence-electron chi connectivity index (χ4n) is 2.50. The zero-order chi connectivity index (χ0) is 13.9. The maximum Gasteiger partial charge on any atom is 0.274 e. The van der Waals surface area contributed by atoms with Gasteiger partial charge in [-0.15, -0.1) is 0 Å². The van der Waals surface area contributed by atoms with Crippen LogP contribution in [0.25, 0.3) is 0 Å². The number of nitro groups is 1. The van der Waals surface area contributed by atoms with E-state index in [1.54, 1.807) is 19.1 Å². The van der Waals surface area contributed by atoms with Gasteiger partial charge in [0.05, 0.1) is 4.92 Å². The number of piperidine rings is 1. The number of hydrogen-bond acceptors (Lipinski definition) is 4. The molecule has 0 amide bonds. The Balaban J connectivity index is 2.03. The first-order valence-corrected chi connectivity index (χ1v) is 6.70. The Bertz CT molecular complexity index is 468. The first-order chi connectivity index (χ1) is 9.00. The van der Waals surface area contributed by atoms with Gasteiger partial charge < -0.3 is 10.6 Å². The SMILES string of the molecule is Cc1ccc(NCC2(C)CCCNC2)cc1[N+](=O)[O-]. The summed E-state index contributed by atoms with van der Waals surface area (Å²) in [4.78, 5) is 10.6. The Morgan fingerprint density at radius 3 is 2.95 bits per heavy atom. The highest BCUT2D eigenvalue weighted by molar-refractivity contribution is 5.54. The fourth-order valence-corrected chi connectivity index (χ4v) is 2.50. The van der Waals surface area contributed by atoms with Gasteiger partial charge in [-0.05, 0) is 37.8 Å². The van der Waals surface area contributed by atoms with Crippen molar-refractivity contribution in [1.29, 1.82) is 0 Å². The minimum Gasteiger partial charge on any atom is -0.384 e. The van der Waals surface area contributed by atoms with Gasteiger partial charge in [0.25, 0.3) is 5.69 Å². The molecule has 2 N–H and O–H groups in total. The quantitative estimate of drug-likeness (QED) is 0.647. The number of nitrogens with zero attached hydrogens (tertiary/aromatic N) is 1. The van der Waals surface area contributed by atoms with Crippen LogP contribution in [0.15, 0.2) is 18.2 Å². The van der Waals surface area contributed by atoms with Crippen LogP contribution in [0.3, 0.4) is 0 Å². The third-order valence-electron chi connectivity index (χ3n) is 3.81. The molecule has 1 atom stereocenters. The molecule has 0 saturated carbocycles. The van der Waals surface area contributed by atoms with Crippen LogP contribution in [0.4, 0.5) is 11.4 Å². The van der Waals surface area contributed by atoms with Crippen molar-refractivity contribution >= 4 is 11.4 Å². The number of rotatable bonds is 4. The first-order valence-electron chi connectivity index (χ1n) is 6.70. The first kappa shape index (κ1) is 13.8. The standard InChI is InChI=1S/C14H21N3O2/c1-11-4-5-12(8-13(11)17(18)19)16-10-14(2)6-3-7-15-9-14/h4-5,8,15-16H,3,6-7,9-10H2,1-2H3. The normalized spacial score (nSPS) is 23.1. The molecule has 104 valence electrons. The van der Waals surface area contributed by atoms with E-state index < -0.39 is 0 Å². The minimum absolute atomic E-state index is 0.178. The summed E-state index contributed by atoms with van der Waals surface area (Å²) in [7, 11) is 0. The Morgan fingerprint density at radius 2 is 2.32 bits per heavy atom. The Labute approximate surface area is 113 Å². The van der Waals surface area contributed by atoms with E-state index in [1.165, 1.54) is 12.8 Å². The molecular formula is C14H21N3O2. The van der Waals surface area contributed by atoms with Gasteiger partial charge in [-0.25, -0.2) is 0 Å². The minimum atomic E-state index is -0.329. The van der Waals surface area contributed by atoms with E-state index in [4.69, 9.17) is 0 Å². The van der Waals surface area contributed by atoms with Crippen LogP contribution in [0, 0.1) is 22.5 Å². The van der Waals surface area contributed by atoms with E-state index in [9.17, 15) is 10.1 Å². The molecule has 1 aliphatic heterocycles. The van der Waals surface area contributed by atoms with Gasteiger partial charge in [0.2, 0.25) is 0 Å². The Kier molecular flexibility index (Phi) is 4.04. The topological polar surface area (TPSA) is 67.2 Å². The van der Waals surface area contributed by atoms with Gasteiger partial charge in [-0.3, -0.25) is 10.1 Å². The number of aryl methyl sites for hydroxylation is 1. The lowest BCUT2D eigenvalue weighted by atomic mass is 9.83. The van der Waals surface area contributed by atoms with E-state index in [0.29, 0.717) is 5.56 Å². The second-order valence-corrected chi connectivity index (χ2v) is 5.70. The molecule has 0 radical (unpaired) electrons. The van der Waals surface area contributed by atoms with Crippen molar-refractivity contribution in [3.63, 3.8) is 0 Å². The molecule has 1 heterocycles. The molecule has 19 heavy (non-hydrogen) atoms. The van der Waals surface area contributed by atoms with Crippen molar-refractivity contribution in [1.82, 2.24) is 5.32 Å². The number of nitrogens with one attached hydrogen (secondary N) is 2. The van der Waals surface area contributed by atoms with Crippen LogP contribution in [0.2, 0.25) is 0 Å². The summed E-state index contributed by atoms with van der Waals surface area (Å²) in [5, 5.41) is 17.6. The molecule has 1 aliphatic rings. The summed E-state index contributed by atoms with van der Waals surface area (Å²) in [6, 6.07) is 5.32. The highest BCUT2D eigenvalue weighted by atomic mass is 16.6. The smallest absolute Gasteiger partial charge is 0.274 e. The molecule has 5 heteroatoms. The lowest BCUT2D eigenvalue weighted by Gasteiger charge is -2.34. The van der Waals surface area contributed by atoms with E-state index in [1.807, 2.05) is 6.07 Å². The van der Waals surface area contributed by atoms with Crippen LogP contribution in [0.5, 0.6) is 0 Å². The lowest BCUT2D eigenvalue weighted by molar-refractivity contribution is -0.385. The van der Waals surface area contributed by atoms with Crippen LogP contribution < -0.4 is 10.6 Å². The van der Waals surface area contributed by atoms with Crippen molar-refractivity contribution in [2.45, 2.75) is 26.7 Å². The van der Waals surface area contributed by atoms with Gasteiger partial charge in [0.1, 0.15) is 0 Å². The molecule has 1 fully saturated rings. The van der Waals surface area contributed by atoms with Crippen molar-refractivity contribution < 1.29 is 4.92 Å². The monoisotopic (exact) mass is 263 g/mol. The van der Waals surface area contributed by atoms with Crippen molar-refractivity contribution in [3.05, 3.63) is 33.9 Å². The van der Waals surface area contributed by atoms with Gasteiger partial charge in [-0.1, -0.05) is 13.0 Å². The third kappa shape index (κ3) is 3.44. The van der Waals surface area contributed by atoms with Crippen molar-refractivity contribution in [2.24, 2.45) is 5.41 Å². The van der Waals surface area contributed by atoms with Crippen LogP contribution in [0.1, 0.15) is 25.3 Å². The summed E-state index contributed by atoms with van der Waals surface area (Å²) >= 11 is 0.